The van der Waals surface area contributed by atoms with Gasteiger partial charge in [0.25, 0.3) is 0 Å². The Bertz CT molecular complexity index is 381. The molecule has 1 atom stereocenters. The van der Waals surface area contributed by atoms with Gasteiger partial charge in [0.1, 0.15) is 17.6 Å². The van der Waals surface area contributed by atoms with Crippen LogP contribution in [-0.2, 0) is 0 Å². The summed E-state index contributed by atoms with van der Waals surface area (Å²) < 4.78 is 11.7. The first-order valence-electron chi connectivity index (χ1n) is 8.09. The maximum absolute atomic E-state index is 6.09. The molecule has 0 saturated carbocycles. The molecule has 0 heterocycles. The van der Waals surface area contributed by atoms with E-state index in [0.717, 1.165) is 43.9 Å². The molecule has 1 aromatic carbocycles. The van der Waals surface area contributed by atoms with Gasteiger partial charge in [-0.05, 0) is 57.9 Å². The van der Waals surface area contributed by atoms with Crippen molar-refractivity contribution in [1.29, 1.82) is 0 Å². The van der Waals surface area contributed by atoms with Crippen molar-refractivity contribution in [2.75, 3.05) is 13.2 Å². The zero-order chi connectivity index (χ0) is 15.7. The minimum absolute atomic E-state index is 0.118. The molecule has 0 aliphatic heterocycles. The van der Waals surface area contributed by atoms with E-state index in [1.54, 1.807) is 0 Å². The van der Waals surface area contributed by atoms with Crippen LogP contribution in [0.15, 0.2) is 24.3 Å². The second-order valence-corrected chi connectivity index (χ2v) is 6.48. The van der Waals surface area contributed by atoms with Crippen molar-refractivity contribution in [3.05, 3.63) is 24.3 Å². The highest BCUT2D eigenvalue weighted by Gasteiger charge is 2.15. The van der Waals surface area contributed by atoms with Crippen LogP contribution in [0.4, 0.5) is 0 Å². The van der Waals surface area contributed by atoms with Crippen LogP contribution in [0.3, 0.4) is 0 Å². The first-order chi connectivity index (χ1) is 9.94. The summed E-state index contributed by atoms with van der Waals surface area (Å²) in [5.41, 5.74) is 0.118. The summed E-state index contributed by atoms with van der Waals surface area (Å²) in [7, 11) is 0. The van der Waals surface area contributed by atoms with Gasteiger partial charge in [-0.1, -0.05) is 20.3 Å². The number of rotatable bonds is 9. The molecule has 0 fully saturated rings. The summed E-state index contributed by atoms with van der Waals surface area (Å²) in [5, 5.41) is 3.52. The lowest BCUT2D eigenvalue weighted by atomic mass is 10.1. The number of hydrogen-bond donors (Lipinski definition) is 1. The summed E-state index contributed by atoms with van der Waals surface area (Å²) in [4.78, 5) is 0. The van der Waals surface area contributed by atoms with E-state index in [-0.39, 0.29) is 11.6 Å². The normalized spacial score (nSPS) is 13.0. The number of ether oxygens (including phenoxy) is 2. The van der Waals surface area contributed by atoms with Crippen LogP contribution in [0.5, 0.6) is 11.5 Å². The second-order valence-electron chi connectivity index (χ2n) is 6.48. The van der Waals surface area contributed by atoms with E-state index in [2.05, 4.69) is 39.9 Å². The van der Waals surface area contributed by atoms with Gasteiger partial charge in [0.2, 0.25) is 0 Å². The van der Waals surface area contributed by atoms with Gasteiger partial charge in [-0.25, -0.2) is 0 Å². The molecule has 1 rings (SSSR count). The Morgan fingerprint density at radius 3 is 2.14 bits per heavy atom. The average molecular weight is 293 g/mol. The highest BCUT2D eigenvalue weighted by molar-refractivity contribution is 5.31. The molecule has 1 unspecified atom stereocenters. The lowest BCUT2D eigenvalue weighted by Crippen LogP contribution is -2.42. The molecular weight excluding hydrogens is 262 g/mol. The molecule has 0 aliphatic rings. The summed E-state index contributed by atoms with van der Waals surface area (Å²) >= 11 is 0. The Morgan fingerprint density at radius 2 is 1.62 bits per heavy atom. The predicted molar refractivity (Wildman–Crippen MR) is 89.3 cm³/mol. The van der Waals surface area contributed by atoms with Crippen molar-refractivity contribution in [2.24, 2.45) is 0 Å². The molecule has 1 aromatic rings. The third-order valence-corrected chi connectivity index (χ3v) is 3.07. The Balaban J connectivity index is 2.53. The SMILES string of the molecule is CCCOc1ccc(OC(CCC)CNC(C)(C)C)cc1. The van der Waals surface area contributed by atoms with Crippen molar-refractivity contribution in [2.45, 2.75) is 65.5 Å². The van der Waals surface area contributed by atoms with Crippen LogP contribution >= 0.6 is 0 Å². The molecule has 21 heavy (non-hydrogen) atoms. The fourth-order valence-corrected chi connectivity index (χ4v) is 1.97. The van der Waals surface area contributed by atoms with Crippen LogP contribution in [0.25, 0.3) is 0 Å². The highest BCUT2D eigenvalue weighted by atomic mass is 16.5. The van der Waals surface area contributed by atoms with Crippen LogP contribution in [0.1, 0.15) is 53.9 Å². The molecule has 0 radical (unpaired) electrons. The fraction of sp³-hybridized carbons (Fsp3) is 0.667. The predicted octanol–water partition coefficient (Wildman–Crippen LogP) is 4.41. The van der Waals surface area contributed by atoms with Gasteiger partial charge in [0.15, 0.2) is 0 Å². The van der Waals surface area contributed by atoms with E-state index in [0.29, 0.717) is 0 Å². The van der Waals surface area contributed by atoms with Crippen LogP contribution < -0.4 is 14.8 Å². The molecule has 0 aromatic heterocycles. The third kappa shape index (κ3) is 7.96. The van der Waals surface area contributed by atoms with Crippen LogP contribution in [0.2, 0.25) is 0 Å². The molecule has 120 valence electrons. The van der Waals surface area contributed by atoms with Crippen LogP contribution in [-0.4, -0.2) is 24.8 Å². The van der Waals surface area contributed by atoms with Crippen molar-refractivity contribution < 1.29 is 9.47 Å². The van der Waals surface area contributed by atoms with E-state index in [9.17, 15) is 0 Å². The molecule has 3 heteroatoms. The molecule has 0 aliphatic carbocycles. The smallest absolute Gasteiger partial charge is 0.120 e. The standard InChI is InChI=1S/C18H31NO2/c1-6-8-17(14-19-18(3,4)5)21-16-11-9-15(10-12-16)20-13-7-2/h9-12,17,19H,6-8,13-14H2,1-5H3. The Hall–Kier alpha value is -1.22. The number of nitrogens with one attached hydrogen (secondary N) is 1. The van der Waals surface area contributed by atoms with Gasteiger partial charge in [-0.15, -0.1) is 0 Å². The van der Waals surface area contributed by atoms with Gasteiger partial charge in [-0.3, -0.25) is 0 Å². The topological polar surface area (TPSA) is 30.5 Å². The average Bonchev–Trinajstić information content (AvgIpc) is 2.43. The van der Waals surface area contributed by atoms with Crippen LogP contribution in [0, 0.1) is 0 Å². The van der Waals surface area contributed by atoms with Gasteiger partial charge >= 0.3 is 0 Å². The number of benzene rings is 1. The summed E-state index contributed by atoms with van der Waals surface area (Å²) in [6, 6.07) is 7.94. The maximum Gasteiger partial charge on any atom is 0.120 e. The van der Waals surface area contributed by atoms with Crippen molar-refractivity contribution in [3.63, 3.8) is 0 Å². The second kappa shape index (κ2) is 8.93. The molecule has 0 saturated heterocycles. The minimum atomic E-state index is 0.118. The third-order valence-electron chi connectivity index (χ3n) is 3.07. The summed E-state index contributed by atoms with van der Waals surface area (Å²) in [5.74, 6) is 1.82. The van der Waals surface area contributed by atoms with E-state index >= 15 is 0 Å². The van der Waals surface area contributed by atoms with E-state index < -0.39 is 0 Å². The molecule has 3 nitrogen and oxygen atoms in total. The molecular formula is C18H31NO2. The van der Waals surface area contributed by atoms with E-state index in [1.165, 1.54) is 0 Å². The molecule has 1 N–H and O–H groups in total. The van der Waals surface area contributed by atoms with Crippen molar-refractivity contribution in [1.82, 2.24) is 5.32 Å². The Morgan fingerprint density at radius 1 is 1.00 bits per heavy atom. The molecule has 0 bridgehead atoms. The van der Waals surface area contributed by atoms with E-state index in [1.807, 2.05) is 24.3 Å². The first kappa shape index (κ1) is 17.8. The molecule has 0 amide bonds. The van der Waals surface area contributed by atoms with Gasteiger partial charge in [0.05, 0.1) is 6.61 Å². The Labute approximate surface area is 130 Å². The quantitative estimate of drug-likeness (QED) is 0.731. The number of hydrogen-bond acceptors (Lipinski definition) is 3. The summed E-state index contributed by atoms with van der Waals surface area (Å²) in [6.07, 6.45) is 3.40. The van der Waals surface area contributed by atoms with Crippen molar-refractivity contribution >= 4 is 0 Å². The minimum Gasteiger partial charge on any atom is -0.494 e. The highest BCUT2D eigenvalue weighted by Crippen LogP contribution is 2.20. The van der Waals surface area contributed by atoms with E-state index in [4.69, 9.17) is 9.47 Å². The fourth-order valence-electron chi connectivity index (χ4n) is 1.97. The zero-order valence-electron chi connectivity index (χ0n) is 14.2. The maximum atomic E-state index is 6.09. The van der Waals surface area contributed by atoms with Crippen molar-refractivity contribution in [3.8, 4) is 11.5 Å². The van der Waals surface area contributed by atoms with Gasteiger partial charge in [-0.2, -0.15) is 0 Å². The summed E-state index contributed by atoms with van der Waals surface area (Å²) in [6.45, 7) is 12.4. The Kier molecular flexibility index (Phi) is 7.58. The molecule has 0 spiro atoms. The lowest BCUT2D eigenvalue weighted by molar-refractivity contribution is 0.174. The van der Waals surface area contributed by atoms with Gasteiger partial charge < -0.3 is 14.8 Å². The first-order valence-corrected chi connectivity index (χ1v) is 8.09. The largest absolute Gasteiger partial charge is 0.494 e. The monoisotopic (exact) mass is 293 g/mol. The van der Waals surface area contributed by atoms with Gasteiger partial charge in [0, 0.05) is 12.1 Å². The zero-order valence-corrected chi connectivity index (χ0v) is 14.2. The lowest BCUT2D eigenvalue weighted by Gasteiger charge is -2.26.